The van der Waals surface area contributed by atoms with E-state index in [1.54, 1.807) is 50.6 Å². The molecule has 7 heteroatoms. The molecule has 5 rings (SSSR count). The Kier molecular flexibility index (Phi) is 5.38. The van der Waals surface area contributed by atoms with Gasteiger partial charge in [0.15, 0.2) is 11.5 Å². The molecule has 2 unspecified atom stereocenters. The Hall–Kier alpha value is -4.00. The van der Waals surface area contributed by atoms with Gasteiger partial charge in [0.1, 0.15) is 11.5 Å². The summed E-state index contributed by atoms with van der Waals surface area (Å²) in [6.07, 6.45) is -0.224. The first kappa shape index (κ1) is 20.9. The zero-order chi connectivity index (χ0) is 22.9. The van der Waals surface area contributed by atoms with Crippen molar-refractivity contribution in [3.8, 4) is 23.0 Å². The number of rotatable bonds is 6. The van der Waals surface area contributed by atoms with Gasteiger partial charge in [0, 0.05) is 23.1 Å². The first-order valence-electron chi connectivity index (χ1n) is 10.6. The van der Waals surface area contributed by atoms with E-state index in [9.17, 15) is 4.79 Å². The summed E-state index contributed by atoms with van der Waals surface area (Å²) in [4.78, 5) is 13.5. The second kappa shape index (κ2) is 8.50. The summed E-state index contributed by atoms with van der Waals surface area (Å²) in [5.41, 5.74) is 3.31. The smallest absolute Gasteiger partial charge is 0.251 e. The van der Waals surface area contributed by atoms with E-state index in [2.05, 4.69) is 0 Å². The van der Waals surface area contributed by atoms with Crippen LogP contribution in [-0.2, 0) is 0 Å². The fraction of sp³-hybridized carbons (Fsp3) is 0.231. The molecule has 168 valence electrons. The van der Waals surface area contributed by atoms with E-state index in [4.69, 9.17) is 24.0 Å². The van der Waals surface area contributed by atoms with Crippen LogP contribution in [-0.4, -0.2) is 44.1 Å². The van der Waals surface area contributed by atoms with Gasteiger partial charge in [-0.05, 0) is 48.5 Å². The summed E-state index contributed by atoms with van der Waals surface area (Å²) < 4.78 is 22.2. The van der Waals surface area contributed by atoms with Gasteiger partial charge in [-0.15, -0.1) is 0 Å². The Morgan fingerprint density at radius 3 is 2.42 bits per heavy atom. The van der Waals surface area contributed by atoms with Crippen molar-refractivity contribution < 1.29 is 23.7 Å². The van der Waals surface area contributed by atoms with Gasteiger partial charge in [0.05, 0.1) is 33.1 Å². The zero-order valence-corrected chi connectivity index (χ0v) is 18.6. The molecule has 0 radical (unpaired) electrons. The minimum absolute atomic E-state index is 0.106. The highest BCUT2D eigenvalue weighted by atomic mass is 16.5. The molecule has 2 aliphatic heterocycles. The summed E-state index contributed by atoms with van der Waals surface area (Å²) in [6, 6.07) is 20.4. The van der Waals surface area contributed by atoms with Crippen LogP contribution in [0.15, 0.2) is 71.8 Å². The number of hydrogen-bond donors (Lipinski definition) is 0. The van der Waals surface area contributed by atoms with E-state index in [1.165, 1.54) is 0 Å². The van der Waals surface area contributed by atoms with Crippen LogP contribution in [0, 0.1) is 0 Å². The van der Waals surface area contributed by atoms with Crippen molar-refractivity contribution in [3.05, 3.63) is 83.4 Å². The molecule has 0 saturated carbocycles. The maximum absolute atomic E-state index is 13.5. The number of fused-ring (bicyclic) bond motifs is 3. The fourth-order valence-electron chi connectivity index (χ4n) is 4.30. The summed E-state index contributed by atoms with van der Waals surface area (Å²) in [5.74, 6) is 2.52. The molecule has 0 saturated heterocycles. The predicted octanol–water partition coefficient (Wildman–Crippen LogP) is 4.46. The van der Waals surface area contributed by atoms with E-state index in [0.29, 0.717) is 35.0 Å². The molecule has 2 heterocycles. The number of Topliss-reactive ketones (excluding diaryl/α,β-unsaturated/α-hetero) is 1. The number of carbonyl (C=O) groups is 1. The third kappa shape index (κ3) is 3.65. The molecular formula is C26H24N2O5. The lowest BCUT2D eigenvalue weighted by Gasteiger charge is -2.37. The van der Waals surface area contributed by atoms with Gasteiger partial charge in [0.2, 0.25) is 5.78 Å². The third-order valence-electron chi connectivity index (χ3n) is 6.01. The van der Waals surface area contributed by atoms with Crippen molar-refractivity contribution in [2.45, 2.75) is 18.7 Å². The van der Waals surface area contributed by atoms with Gasteiger partial charge in [-0.3, -0.25) is 4.79 Å². The van der Waals surface area contributed by atoms with Crippen LogP contribution in [0.2, 0.25) is 0 Å². The van der Waals surface area contributed by atoms with E-state index in [0.717, 1.165) is 16.8 Å². The number of hydrogen-bond acceptors (Lipinski definition) is 7. The lowest BCUT2D eigenvalue weighted by Crippen LogP contribution is -2.45. The third-order valence-corrected chi connectivity index (χ3v) is 6.01. The quantitative estimate of drug-likeness (QED) is 0.523. The Morgan fingerprint density at radius 1 is 0.939 bits per heavy atom. The number of ether oxygens (including phenoxy) is 4. The highest BCUT2D eigenvalue weighted by molar-refractivity contribution is 6.04. The maximum Gasteiger partial charge on any atom is 0.251 e. The lowest BCUT2D eigenvalue weighted by atomic mass is 9.95. The van der Waals surface area contributed by atoms with Crippen LogP contribution < -0.4 is 18.9 Å². The molecule has 0 spiro atoms. The number of para-hydroxylation sites is 1. The van der Waals surface area contributed by atoms with Crippen LogP contribution >= 0.6 is 0 Å². The van der Waals surface area contributed by atoms with Crippen molar-refractivity contribution in [2.75, 3.05) is 21.3 Å². The van der Waals surface area contributed by atoms with Crippen LogP contribution in [0.4, 0.5) is 0 Å². The first-order chi connectivity index (χ1) is 16.1. The molecule has 0 N–H and O–H groups in total. The predicted molar refractivity (Wildman–Crippen MR) is 123 cm³/mol. The largest absolute Gasteiger partial charge is 0.497 e. The standard InChI is InChI=1S/C26H24N2O5/c1-30-18-11-8-16(9-12-18)25(29)26-28-21(19-6-4-5-7-22(19)33-26)15-20(27-28)17-10-13-23(31-2)24(14-17)32-3/h4-14,21,26H,15H2,1-3H3. The number of benzene rings is 3. The van der Waals surface area contributed by atoms with Gasteiger partial charge in [0.25, 0.3) is 6.23 Å². The Balaban J connectivity index is 1.53. The summed E-state index contributed by atoms with van der Waals surface area (Å²) >= 11 is 0. The topological polar surface area (TPSA) is 69.6 Å². The second-order valence-electron chi connectivity index (χ2n) is 7.82. The molecule has 3 aromatic rings. The van der Waals surface area contributed by atoms with E-state index in [-0.39, 0.29) is 11.8 Å². The van der Waals surface area contributed by atoms with Crippen molar-refractivity contribution in [1.29, 1.82) is 0 Å². The Bertz CT molecular complexity index is 1220. The highest BCUT2D eigenvalue weighted by Crippen LogP contribution is 2.44. The van der Waals surface area contributed by atoms with Crippen molar-refractivity contribution in [3.63, 3.8) is 0 Å². The molecule has 0 fully saturated rings. The van der Waals surface area contributed by atoms with Gasteiger partial charge in [-0.25, -0.2) is 5.01 Å². The molecule has 33 heavy (non-hydrogen) atoms. The first-order valence-corrected chi connectivity index (χ1v) is 10.6. The SMILES string of the molecule is COc1ccc(C(=O)C2Oc3ccccc3C3CC(c4ccc(OC)c(OC)c4)=NN23)cc1. The van der Waals surface area contributed by atoms with E-state index < -0.39 is 6.23 Å². The Labute approximate surface area is 192 Å². The minimum Gasteiger partial charge on any atom is -0.497 e. The number of ketones is 1. The van der Waals surface area contributed by atoms with Gasteiger partial charge >= 0.3 is 0 Å². The van der Waals surface area contributed by atoms with Crippen LogP contribution in [0.5, 0.6) is 23.0 Å². The Morgan fingerprint density at radius 2 is 1.70 bits per heavy atom. The summed E-state index contributed by atoms with van der Waals surface area (Å²) in [7, 11) is 4.81. The number of carbonyl (C=O) groups excluding carboxylic acids is 1. The zero-order valence-electron chi connectivity index (χ0n) is 18.6. The van der Waals surface area contributed by atoms with Crippen molar-refractivity contribution >= 4 is 11.5 Å². The van der Waals surface area contributed by atoms with Crippen molar-refractivity contribution in [1.82, 2.24) is 5.01 Å². The monoisotopic (exact) mass is 444 g/mol. The summed E-state index contributed by atoms with van der Waals surface area (Å²) in [5, 5.41) is 6.63. The molecule has 0 amide bonds. The van der Waals surface area contributed by atoms with Crippen LogP contribution in [0.1, 0.15) is 33.9 Å². The molecule has 3 aromatic carbocycles. The molecule has 0 bridgehead atoms. The molecule has 0 aromatic heterocycles. The molecule has 0 aliphatic carbocycles. The molecular weight excluding hydrogens is 420 g/mol. The second-order valence-corrected chi connectivity index (χ2v) is 7.82. The number of methoxy groups -OCH3 is 3. The van der Waals surface area contributed by atoms with Crippen LogP contribution in [0.3, 0.4) is 0 Å². The molecule has 2 aliphatic rings. The average molecular weight is 444 g/mol. The maximum atomic E-state index is 13.5. The average Bonchev–Trinajstić information content (AvgIpc) is 3.33. The molecule has 2 atom stereocenters. The normalized spacial score (nSPS) is 18.5. The summed E-state index contributed by atoms with van der Waals surface area (Å²) in [6.45, 7) is 0. The van der Waals surface area contributed by atoms with Crippen LogP contribution in [0.25, 0.3) is 0 Å². The fourth-order valence-corrected chi connectivity index (χ4v) is 4.30. The minimum atomic E-state index is -0.865. The van der Waals surface area contributed by atoms with E-state index in [1.807, 2.05) is 42.5 Å². The molecule has 7 nitrogen and oxygen atoms in total. The van der Waals surface area contributed by atoms with E-state index >= 15 is 0 Å². The van der Waals surface area contributed by atoms with Crippen molar-refractivity contribution in [2.24, 2.45) is 5.10 Å². The number of hydrazone groups is 1. The highest BCUT2D eigenvalue weighted by Gasteiger charge is 2.43. The van der Waals surface area contributed by atoms with Gasteiger partial charge < -0.3 is 18.9 Å². The van der Waals surface area contributed by atoms with Gasteiger partial charge in [-0.1, -0.05) is 18.2 Å². The lowest BCUT2D eigenvalue weighted by molar-refractivity contribution is -0.00455. The number of nitrogens with zero attached hydrogens (tertiary/aromatic N) is 2. The van der Waals surface area contributed by atoms with Gasteiger partial charge in [-0.2, -0.15) is 5.10 Å².